The molecule has 2 rings (SSSR count). The van der Waals surface area contributed by atoms with E-state index in [1.54, 1.807) is 0 Å². The van der Waals surface area contributed by atoms with Crippen molar-refractivity contribution in [3.05, 3.63) is 53.6 Å². The Balaban J connectivity index is 1.90. The molecule has 0 atom stereocenters. The lowest BCUT2D eigenvalue weighted by atomic mass is 10.1. The van der Waals surface area contributed by atoms with E-state index in [0.717, 1.165) is 36.9 Å². The summed E-state index contributed by atoms with van der Waals surface area (Å²) in [7, 11) is 0. The number of ether oxygens (including phenoxy) is 1. The molecule has 1 aromatic rings. The Morgan fingerprint density at radius 1 is 1.28 bits per heavy atom. The maximum atomic E-state index is 10.3. The van der Waals surface area contributed by atoms with Gasteiger partial charge in [0.1, 0.15) is 18.6 Å². The number of aldehydes is 1. The summed E-state index contributed by atoms with van der Waals surface area (Å²) in [4.78, 5) is 10.3. The first-order valence-corrected chi connectivity index (χ1v) is 6.39. The number of rotatable bonds is 6. The highest BCUT2D eigenvalue weighted by atomic mass is 16.5. The van der Waals surface area contributed by atoms with Crippen molar-refractivity contribution in [1.29, 1.82) is 0 Å². The molecule has 0 saturated heterocycles. The fourth-order valence-electron chi connectivity index (χ4n) is 1.96. The van der Waals surface area contributed by atoms with Crippen molar-refractivity contribution in [2.24, 2.45) is 0 Å². The van der Waals surface area contributed by atoms with E-state index in [1.165, 1.54) is 5.57 Å². The van der Waals surface area contributed by atoms with E-state index in [9.17, 15) is 4.79 Å². The lowest BCUT2D eigenvalue weighted by Crippen LogP contribution is -2.01. The second kappa shape index (κ2) is 6.80. The third-order valence-corrected chi connectivity index (χ3v) is 2.93. The van der Waals surface area contributed by atoms with Crippen LogP contribution < -0.4 is 4.74 Å². The van der Waals surface area contributed by atoms with Gasteiger partial charge in [0, 0.05) is 6.42 Å². The average Bonchev–Trinajstić information content (AvgIpc) is 2.44. The summed E-state index contributed by atoms with van der Waals surface area (Å²) in [5, 5.41) is 0. The number of carbonyl (C=O) groups is 1. The van der Waals surface area contributed by atoms with Crippen LogP contribution in [-0.2, 0) is 11.2 Å². The highest BCUT2D eigenvalue weighted by molar-refractivity contribution is 5.50. The first-order valence-electron chi connectivity index (χ1n) is 6.39. The Kier molecular flexibility index (Phi) is 4.77. The normalized spacial score (nSPS) is 14.1. The zero-order valence-corrected chi connectivity index (χ0v) is 10.5. The molecular weight excluding hydrogens is 224 g/mol. The first-order chi connectivity index (χ1) is 8.88. The second-order valence-corrected chi connectivity index (χ2v) is 4.40. The molecular formula is C16H18O2. The SMILES string of the molecule is O=CCCc1cccc(OCC2=CCCC=C2)c1. The summed E-state index contributed by atoms with van der Waals surface area (Å²) in [5.41, 5.74) is 2.38. The number of hydrogen-bond acceptors (Lipinski definition) is 2. The summed E-state index contributed by atoms with van der Waals surface area (Å²) < 4.78 is 5.76. The van der Waals surface area contributed by atoms with Crippen LogP contribution in [0, 0.1) is 0 Å². The fraction of sp³-hybridized carbons (Fsp3) is 0.312. The summed E-state index contributed by atoms with van der Waals surface area (Å²) in [6.45, 7) is 0.619. The summed E-state index contributed by atoms with van der Waals surface area (Å²) in [5.74, 6) is 0.873. The number of hydrogen-bond donors (Lipinski definition) is 0. The molecule has 0 amide bonds. The monoisotopic (exact) mass is 242 g/mol. The summed E-state index contributed by atoms with van der Waals surface area (Å²) in [6.07, 6.45) is 11.1. The molecule has 0 N–H and O–H groups in total. The quantitative estimate of drug-likeness (QED) is 0.714. The lowest BCUT2D eigenvalue weighted by Gasteiger charge is -2.10. The van der Waals surface area contributed by atoms with Gasteiger partial charge in [-0.2, -0.15) is 0 Å². The predicted molar refractivity (Wildman–Crippen MR) is 72.8 cm³/mol. The molecule has 18 heavy (non-hydrogen) atoms. The highest BCUT2D eigenvalue weighted by Gasteiger charge is 2.00. The van der Waals surface area contributed by atoms with E-state index in [4.69, 9.17) is 4.74 Å². The molecule has 94 valence electrons. The van der Waals surface area contributed by atoms with Crippen LogP contribution in [-0.4, -0.2) is 12.9 Å². The average molecular weight is 242 g/mol. The summed E-state index contributed by atoms with van der Waals surface area (Å²) in [6, 6.07) is 7.96. The minimum Gasteiger partial charge on any atom is -0.489 e. The predicted octanol–water partition coefficient (Wildman–Crippen LogP) is 3.47. The van der Waals surface area contributed by atoms with Gasteiger partial charge < -0.3 is 9.53 Å². The number of benzene rings is 1. The maximum absolute atomic E-state index is 10.3. The van der Waals surface area contributed by atoms with Crippen molar-refractivity contribution < 1.29 is 9.53 Å². The molecule has 2 heteroatoms. The van der Waals surface area contributed by atoms with E-state index in [1.807, 2.05) is 24.3 Å². The minimum absolute atomic E-state index is 0.567. The Bertz CT molecular complexity index is 458. The van der Waals surface area contributed by atoms with Crippen LogP contribution in [0.4, 0.5) is 0 Å². The van der Waals surface area contributed by atoms with Crippen LogP contribution in [0.3, 0.4) is 0 Å². The molecule has 1 aliphatic rings. The molecule has 0 fully saturated rings. The van der Waals surface area contributed by atoms with Gasteiger partial charge in [0.2, 0.25) is 0 Å². The Morgan fingerprint density at radius 2 is 2.22 bits per heavy atom. The minimum atomic E-state index is 0.567. The molecule has 1 aliphatic carbocycles. The number of carbonyl (C=O) groups excluding carboxylic acids is 1. The smallest absolute Gasteiger partial charge is 0.120 e. The van der Waals surface area contributed by atoms with Crippen LogP contribution in [0.25, 0.3) is 0 Å². The number of aryl methyl sites for hydroxylation is 1. The van der Waals surface area contributed by atoms with E-state index in [0.29, 0.717) is 13.0 Å². The zero-order chi connectivity index (χ0) is 12.6. The summed E-state index contributed by atoms with van der Waals surface area (Å²) >= 11 is 0. The van der Waals surface area contributed by atoms with Crippen molar-refractivity contribution in [1.82, 2.24) is 0 Å². The zero-order valence-electron chi connectivity index (χ0n) is 10.5. The van der Waals surface area contributed by atoms with Crippen LogP contribution in [0.15, 0.2) is 48.1 Å². The second-order valence-electron chi connectivity index (χ2n) is 4.40. The van der Waals surface area contributed by atoms with E-state index >= 15 is 0 Å². The van der Waals surface area contributed by atoms with Gasteiger partial charge in [0.15, 0.2) is 0 Å². The van der Waals surface area contributed by atoms with Gasteiger partial charge in [-0.15, -0.1) is 0 Å². The van der Waals surface area contributed by atoms with Gasteiger partial charge in [0.25, 0.3) is 0 Å². The van der Waals surface area contributed by atoms with E-state index in [2.05, 4.69) is 18.2 Å². The van der Waals surface area contributed by atoms with E-state index < -0.39 is 0 Å². The van der Waals surface area contributed by atoms with Crippen LogP contribution in [0.5, 0.6) is 5.75 Å². The third kappa shape index (κ3) is 3.88. The van der Waals surface area contributed by atoms with Crippen molar-refractivity contribution in [3.63, 3.8) is 0 Å². The van der Waals surface area contributed by atoms with Gasteiger partial charge >= 0.3 is 0 Å². The van der Waals surface area contributed by atoms with Gasteiger partial charge in [-0.3, -0.25) is 0 Å². The van der Waals surface area contributed by atoms with Crippen molar-refractivity contribution >= 4 is 6.29 Å². The topological polar surface area (TPSA) is 26.3 Å². The largest absolute Gasteiger partial charge is 0.489 e. The van der Waals surface area contributed by atoms with Gasteiger partial charge in [-0.05, 0) is 42.5 Å². The third-order valence-electron chi connectivity index (χ3n) is 2.93. The van der Waals surface area contributed by atoms with Gasteiger partial charge in [-0.1, -0.05) is 30.4 Å². The standard InChI is InChI=1S/C16H18O2/c17-11-5-9-14-8-4-10-16(12-14)18-13-15-6-2-1-3-7-15/h2,4,6-8,10-12H,1,3,5,9,13H2. The molecule has 0 unspecified atom stereocenters. The lowest BCUT2D eigenvalue weighted by molar-refractivity contribution is -0.107. The highest BCUT2D eigenvalue weighted by Crippen LogP contribution is 2.17. The molecule has 2 nitrogen and oxygen atoms in total. The van der Waals surface area contributed by atoms with Crippen LogP contribution in [0.2, 0.25) is 0 Å². The molecule has 0 bridgehead atoms. The molecule has 0 heterocycles. The molecule has 0 spiro atoms. The van der Waals surface area contributed by atoms with E-state index in [-0.39, 0.29) is 0 Å². The molecule has 0 saturated carbocycles. The number of allylic oxidation sites excluding steroid dienone is 2. The molecule has 0 aromatic heterocycles. The van der Waals surface area contributed by atoms with Gasteiger partial charge in [-0.25, -0.2) is 0 Å². The fourth-order valence-corrected chi connectivity index (χ4v) is 1.96. The van der Waals surface area contributed by atoms with Crippen LogP contribution >= 0.6 is 0 Å². The van der Waals surface area contributed by atoms with Crippen molar-refractivity contribution in [3.8, 4) is 5.75 Å². The van der Waals surface area contributed by atoms with Crippen molar-refractivity contribution in [2.45, 2.75) is 25.7 Å². The molecule has 0 aliphatic heterocycles. The van der Waals surface area contributed by atoms with Gasteiger partial charge in [0.05, 0.1) is 0 Å². The Hall–Kier alpha value is -1.83. The van der Waals surface area contributed by atoms with Crippen LogP contribution in [0.1, 0.15) is 24.8 Å². The van der Waals surface area contributed by atoms with Crippen molar-refractivity contribution in [2.75, 3.05) is 6.61 Å². The molecule has 0 radical (unpaired) electrons. The Morgan fingerprint density at radius 3 is 3.00 bits per heavy atom. The first kappa shape index (κ1) is 12.6. The molecule has 1 aromatic carbocycles. The Labute approximate surface area is 108 Å². The maximum Gasteiger partial charge on any atom is 0.120 e.